The SMILES string of the molecule is CC(=O)[O-].CCCOC([C-]=O)OCCC.[CH2-]C.[CH2-]C.[Hf+4]. The minimum atomic E-state index is -1.08. The van der Waals surface area contributed by atoms with E-state index in [0.717, 1.165) is 19.8 Å². The van der Waals surface area contributed by atoms with Crippen LogP contribution in [0, 0.1) is 13.8 Å². The minimum absolute atomic E-state index is 0. The van der Waals surface area contributed by atoms with Gasteiger partial charge in [-0.1, -0.05) is 13.8 Å². The van der Waals surface area contributed by atoms with Gasteiger partial charge < -0.3 is 38.0 Å². The first-order valence-corrected chi connectivity index (χ1v) is 6.28. The maximum atomic E-state index is 10.1. The molecule has 0 saturated carbocycles. The van der Waals surface area contributed by atoms with E-state index in [1.54, 1.807) is 20.1 Å². The van der Waals surface area contributed by atoms with Crippen LogP contribution in [0.3, 0.4) is 0 Å². The zero-order valence-corrected chi connectivity index (χ0v) is 17.0. The minimum Gasteiger partial charge on any atom is -0.550 e. The quantitative estimate of drug-likeness (QED) is 0.332. The number of rotatable bonds is 7. The average molecular weight is 455 g/mol. The van der Waals surface area contributed by atoms with Gasteiger partial charge in [0.05, 0.1) is 6.29 Å². The van der Waals surface area contributed by atoms with Gasteiger partial charge in [-0.25, -0.2) is 6.29 Å². The molecule has 0 amide bonds. The van der Waals surface area contributed by atoms with E-state index in [1.807, 2.05) is 13.8 Å². The van der Waals surface area contributed by atoms with E-state index >= 15 is 0 Å². The molecule has 6 heteroatoms. The Balaban J connectivity index is -0.0000000705. The molecule has 0 rings (SSSR count). The standard InChI is InChI=1S/C8H15O3.C2H4O2.2C2H5.Hf/c1-3-5-10-8(7-9)11-6-4-2;1-2(3)4;2*1-2;/h8H,3-6H2,1-2H3;1H3,(H,3,4);2*1H2,2H3;/q-1;;2*-1;+4/p-1. The number of aliphatic carboxylic acids is 1. The van der Waals surface area contributed by atoms with E-state index in [9.17, 15) is 4.79 Å². The number of carboxylic acid groups (broad SMARTS) is 1. The number of carboxylic acids is 1. The van der Waals surface area contributed by atoms with Gasteiger partial charge in [-0.15, -0.1) is 0 Å². The third kappa shape index (κ3) is 52.1. The van der Waals surface area contributed by atoms with Gasteiger partial charge >= 0.3 is 25.8 Å². The largest absolute Gasteiger partial charge is 4.00 e. The Kier molecular flexibility index (Phi) is 58.3. The summed E-state index contributed by atoms with van der Waals surface area (Å²) >= 11 is 0. The predicted octanol–water partition coefficient (Wildman–Crippen LogP) is 1.71. The molecule has 0 aliphatic rings. The first-order chi connectivity index (χ1) is 9.08. The molecular formula is C14H28HfO5. The molecule has 0 aromatic carbocycles. The van der Waals surface area contributed by atoms with Gasteiger partial charge in [-0.05, 0) is 19.8 Å². The van der Waals surface area contributed by atoms with Crippen molar-refractivity contribution < 1.29 is 50.0 Å². The number of hydrogen-bond donors (Lipinski definition) is 0. The molecule has 20 heavy (non-hydrogen) atoms. The smallest absolute Gasteiger partial charge is 0.550 e. The second-order valence-corrected chi connectivity index (χ2v) is 2.68. The van der Waals surface area contributed by atoms with Gasteiger partial charge in [0.2, 0.25) is 0 Å². The molecule has 0 radical (unpaired) electrons. The molecule has 0 saturated heterocycles. The monoisotopic (exact) mass is 456 g/mol. The molecule has 0 aliphatic heterocycles. The normalized spacial score (nSPS) is 7.60. The molecule has 0 aromatic rings. The van der Waals surface area contributed by atoms with Gasteiger partial charge in [0, 0.05) is 19.2 Å². The van der Waals surface area contributed by atoms with E-state index in [-0.39, 0.29) is 25.8 Å². The van der Waals surface area contributed by atoms with Crippen molar-refractivity contribution in [1.29, 1.82) is 0 Å². The molecule has 5 nitrogen and oxygen atoms in total. The van der Waals surface area contributed by atoms with Crippen LogP contribution in [0.2, 0.25) is 0 Å². The first kappa shape index (κ1) is 32.0. The molecule has 0 atom stereocenters. The van der Waals surface area contributed by atoms with Crippen molar-refractivity contribution in [3.63, 3.8) is 0 Å². The first-order valence-electron chi connectivity index (χ1n) is 6.28. The number of ether oxygens (including phenoxy) is 2. The molecule has 0 aliphatic carbocycles. The second-order valence-electron chi connectivity index (χ2n) is 2.68. The predicted molar refractivity (Wildman–Crippen MR) is 74.7 cm³/mol. The van der Waals surface area contributed by atoms with E-state index in [2.05, 4.69) is 13.8 Å². The number of carbonyl (C=O) groups excluding carboxylic acids is 2. The van der Waals surface area contributed by atoms with E-state index in [4.69, 9.17) is 19.4 Å². The van der Waals surface area contributed by atoms with Crippen molar-refractivity contribution >= 4 is 12.3 Å². The Labute approximate surface area is 143 Å². The van der Waals surface area contributed by atoms with Crippen LogP contribution in [0.15, 0.2) is 0 Å². The van der Waals surface area contributed by atoms with Crippen LogP contribution < -0.4 is 5.11 Å². The van der Waals surface area contributed by atoms with Crippen molar-refractivity contribution in [3.05, 3.63) is 13.8 Å². The van der Waals surface area contributed by atoms with E-state index in [0.29, 0.717) is 13.2 Å². The van der Waals surface area contributed by atoms with E-state index in [1.165, 1.54) is 0 Å². The Morgan fingerprint density at radius 3 is 1.50 bits per heavy atom. The summed E-state index contributed by atoms with van der Waals surface area (Å²) in [6.07, 6.45) is 2.66. The van der Waals surface area contributed by atoms with Crippen LogP contribution in [-0.4, -0.2) is 31.8 Å². The summed E-state index contributed by atoms with van der Waals surface area (Å²) in [5, 5.41) is 8.89. The summed E-state index contributed by atoms with van der Waals surface area (Å²) in [6.45, 7) is 16.0. The fraction of sp³-hybridized carbons (Fsp3) is 0.714. The molecule has 0 unspecified atom stereocenters. The second kappa shape index (κ2) is 36.4. The maximum absolute atomic E-state index is 10.1. The van der Waals surface area contributed by atoms with Crippen LogP contribution in [0.1, 0.15) is 47.5 Å². The third-order valence-electron chi connectivity index (χ3n) is 1.04. The molecule has 0 N–H and O–H groups in total. The summed E-state index contributed by atoms with van der Waals surface area (Å²) < 4.78 is 9.99. The molecule has 0 spiro atoms. The fourth-order valence-corrected chi connectivity index (χ4v) is 0.566. The molecule has 0 fully saturated rings. The van der Waals surface area contributed by atoms with Crippen molar-refractivity contribution in [1.82, 2.24) is 0 Å². The number of hydrogen-bond acceptors (Lipinski definition) is 5. The van der Waals surface area contributed by atoms with Crippen LogP contribution in [0.5, 0.6) is 0 Å². The van der Waals surface area contributed by atoms with Crippen LogP contribution in [0.4, 0.5) is 0 Å². The van der Waals surface area contributed by atoms with Gasteiger partial charge in [0.15, 0.2) is 0 Å². The van der Waals surface area contributed by atoms with Crippen molar-refractivity contribution in [2.24, 2.45) is 0 Å². The Morgan fingerprint density at radius 2 is 1.35 bits per heavy atom. The topological polar surface area (TPSA) is 75.7 Å². The van der Waals surface area contributed by atoms with Gasteiger partial charge in [-0.2, -0.15) is 13.8 Å². The van der Waals surface area contributed by atoms with Crippen LogP contribution >= 0.6 is 0 Å². The van der Waals surface area contributed by atoms with E-state index < -0.39 is 12.3 Å². The molecular weight excluding hydrogens is 427 g/mol. The average Bonchev–Trinajstić information content (AvgIpc) is 2.43. The van der Waals surface area contributed by atoms with Crippen LogP contribution in [-0.2, 0) is 44.9 Å². The maximum Gasteiger partial charge on any atom is 4.00 e. The summed E-state index contributed by atoms with van der Waals surface area (Å²) in [4.78, 5) is 19.0. The molecule has 118 valence electrons. The summed E-state index contributed by atoms with van der Waals surface area (Å²) in [5.74, 6) is -1.08. The fourth-order valence-electron chi connectivity index (χ4n) is 0.566. The van der Waals surface area contributed by atoms with Crippen LogP contribution in [0.25, 0.3) is 0 Å². The summed E-state index contributed by atoms with van der Waals surface area (Å²) in [5.41, 5.74) is 0. The zero-order chi connectivity index (χ0) is 16.1. The van der Waals surface area contributed by atoms with Crippen molar-refractivity contribution in [2.45, 2.75) is 53.8 Å². The Bertz CT molecular complexity index is 154. The van der Waals surface area contributed by atoms with Gasteiger partial charge in [0.1, 0.15) is 0 Å². The Morgan fingerprint density at radius 1 is 1.10 bits per heavy atom. The van der Waals surface area contributed by atoms with Crippen molar-refractivity contribution in [2.75, 3.05) is 13.2 Å². The van der Waals surface area contributed by atoms with Gasteiger partial charge in [-0.3, -0.25) is 0 Å². The number of carbonyl (C=O) groups is 1. The zero-order valence-electron chi connectivity index (χ0n) is 13.4. The third-order valence-corrected chi connectivity index (χ3v) is 1.04. The summed E-state index contributed by atoms with van der Waals surface area (Å²) in [6, 6.07) is 0. The molecule has 0 bridgehead atoms. The molecule has 0 aromatic heterocycles. The Hall–Kier alpha value is -0.0699. The van der Waals surface area contributed by atoms with Crippen molar-refractivity contribution in [3.8, 4) is 0 Å². The molecule has 0 heterocycles. The summed E-state index contributed by atoms with van der Waals surface area (Å²) in [7, 11) is 0. The van der Waals surface area contributed by atoms with Gasteiger partial charge in [0.25, 0.3) is 0 Å².